The van der Waals surface area contributed by atoms with Crippen molar-refractivity contribution in [1.82, 2.24) is 24.7 Å². The van der Waals surface area contributed by atoms with Crippen LogP contribution in [0.4, 0.5) is 16.6 Å². The molecule has 1 N–H and O–H groups in total. The molecule has 0 aliphatic rings. The molecule has 0 aliphatic heterocycles. The molecule has 52 heavy (non-hydrogen) atoms. The molecule has 0 bridgehead atoms. The highest BCUT2D eigenvalue weighted by Gasteiger charge is 2.50. The number of hydrogen-bond donors (Lipinski definition) is 1. The Labute approximate surface area is 311 Å². The van der Waals surface area contributed by atoms with Crippen molar-refractivity contribution in [2.24, 2.45) is 0 Å². The number of nitrogens with one attached hydrogen (secondary N) is 1. The minimum absolute atomic E-state index is 0.141. The van der Waals surface area contributed by atoms with E-state index in [1.54, 1.807) is 6.20 Å². The number of benzene rings is 3. The molecule has 3 aromatic carbocycles. The van der Waals surface area contributed by atoms with Gasteiger partial charge in [0.1, 0.15) is 5.52 Å². The lowest BCUT2D eigenvalue weighted by Crippen LogP contribution is -2.67. The maximum Gasteiger partial charge on any atom is 0.413 e. The lowest BCUT2D eigenvalue weighted by atomic mass is 10.0. The Morgan fingerprint density at radius 3 is 2.23 bits per heavy atom. The number of rotatable bonds is 14. The molecule has 1 amide bonds. The van der Waals surface area contributed by atoms with E-state index in [0.29, 0.717) is 49.0 Å². The number of alkyl halides is 1. The number of ether oxygens (including phenoxy) is 1. The summed E-state index contributed by atoms with van der Waals surface area (Å²) in [5, 5.41) is 11.0. The first kappa shape index (κ1) is 36.9. The minimum Gasteiger partial charge on any atom is -0.453 e. The molecule has 12 heteroatoms. The van der Waals surface area contributed by atoms with Crippen molar-refractivity contribution in [3.05, 3.63) is 108 Å². The van der Waals surface area contributed by atoms with Crippen LogP contribution in [0.15, 0.2) is 97.3 Å². The SMILES string of the molecule is CCCCN(CCO[Si](c1ccccc1)(c1ccccc1)C(C)(C)C)c1nc(NC(=O)OC)nc2cn(Cc3ccc(CCl)c4cccnc34)nc12. The number of carbonyl (C=O) groups excluding carboxylic acids is 1. The number of unbranched alkanes of at least 4 members (excludes halogenated alkanes) is 1. The van der Waals surface area contributed by atoms with Crippen LogP contribution in [0.2, 0.25) is 5.04 Å². The maximum atomic E-state index is 12.4. The predicted octanol–water partition coefficient (Wildman–Crippen LogP) is 7.52. The molecule has 3 heterocycles. The highest BCUT2D eigenvalue weighted by Crippen LogP contribution is 2.37. The van der Waals surface area contributed by atoms with E-state index in [1.165, 1.54) is 17.5 Å². The maximum absolute atomic E-state index is 12.4. The smallest absolute Gasteiger partial charge is 0.413 e. The minimum atomic E-state index is -2.78. The summed E-state index contributed by atoms with van der Waals surface area (Å²) in [4.78, 5) is 28.8. The van der Waals surface area contributed by atoms with Crippen LogP contribution < -0.4 is 20.6 Å². The largest absolute Gasteiger partial charge is 0.453 e. The summed E-state index contributed by atoms with van der Waals surface area (Å²) >= 11 is 6.25. The number of carbonyl (C=O) groups is 1. The van der Waals surface area contributed by atoms with E-state index in [4.69, 9.17) is 30.8 Å². The van der Waals surface area contributed by atoms with E-state index in [9.17, 15) is 4.79 Å². The van der Waals surface area contributed by atoms with Gasteiger partial charge in [-0.1, -0.05) is 113 Å². The number of nitrogens with zero attached hydrogens (tertiary/aromatic N) is 6. The monoisotopic (exact) mass is 735 g/mol. The van der Waals surface area contributed by atoms with Gasteiger partial charge in [-0.2, -0.15) is 10.1 Å². The summed E-state index contributed by atoms with van der Waals surface area (Å²) in [5.74, 6) is 1.16. The zero-order chi connectivity index (χ0) is 36.7. The standard InChI is InChI=1S/C40H46ClN7O3Si/c1-6-7-23-47(24-25-51-52(40(2,3)4,31-15-10-8-11-16-31)32-17-12-9-13-18-32)37-36-34(43-38(44-37)45-39(49)50-5)28-48(46-36)27-30-21-20-29(26-41)33-19-14-22-42-35(30)33/h8-22,28H,6-7,23-27H2,1-5H3,(H,43,45,49). The second-order valence-electron chi connectivity index (χ2n) is 13.8. The molecule has 0 unspecified atom stereocenters. The van der Waals surface area contributed by atoms with Crippen LogP contribution in [-0.2, 0) is 21.6 Å². The number of hydrogen-bond acceptors (Lipinski definition) is 8. The predicted molar refractivity (Wildman–Crippen MR) is 212 cm³/mol. The second-order valence-corrected chi connectivity index (χ2v) is 18.4. The van der Waals surface area contributed by atoms with Crippen molar-refractivity contribution in [2.45, 2.75) is 58.0 Å². The molecule has 0 aliphatic carbocycles. The number of amides is 1. The van der Waals surface area contributed by atoms with Crippen molar-refractivity contribution in [3.8, 4) is 0 Å². The summed E-state index contributed by atoms with van der Waals surface area (Å²) in [6.45, 7) is 11.2. The zero-order valence-corrected chi connectivity index (χ0v) is 32.2. The van der Waals surface area contributed by atoms with Gasteiger partial charge in [-0.15, -0.1) is 11.6 Å². The van der Waals surface area contributed by atoms with Gasteiger partial charge in [0.25, 0.3) is 8.32 Å². The third kappa shape index (κ3) is 7.67. The second kappa shape index (κ2) is 16.2. The number of halogens is 1. The van der Waals surface area contributed by atoms with Gasteiger partial charge in [0.2, 0.25) is 5.95 Å². The Morgan fingerprint density at radius 2 is 1.60 bits per heavy atom. The first-order chi connectivity index (χ1) is 25.2. The van der Waals surface area contributed by atoms with Crippen LogP contribution in [0.1, 0.15) is 51.7 Å². The van der Waals surface area contributed by atoms with Crippen molar-refractivity contribution in [3.63, 3.8) is 0 Å². The van der Waals surface area contributed by atoms with E-state index in [2.05, 4.69) is 109 Å². The van der Waals surface area contributed by atoms with Gasteiger partial charge >= 0.3 is 6.09 Å². The van der Waals surface area contributed by atoms with Crippen molar-refractivity contribution < 1.29 is 14.0 Å². The van der Waals surface area contributed by atoms with Crippen molar-refractivity contribution in [2.75, 3.05) is 37.0 Å². The molecule has 0 fully saturated rings. The van der Waals surface area contributed by atoms with E-state index in [1.807, 2.05) is 35.1 Å². The third-order valence-electron chi connectivity index (χ3n) is 9.39. The van der Waals surface area contributed by atoms with E-state index in [0.717, 1.165) is 34.9 Å². The molecular weight excluding hydrogens is 690 g/mol. The fourth-order valence-corrected chi connectivity index (χ4v) is 11.7. The first-order valence-corrected chi connectivity index (χ1v) is 20.1. The van der Waals surface area contributed by atoms with Crippen LogP contribution in [0.5, 0.6) is 0 Å². The highest BCUT2D eigenvalue weighted by atomic mass is 35.5. The van der Waals surface area contributed by atoms with E-state index in [-0.39, 0.29) is 11.0 Å². The first-order valence-electron chi connectivity index (χ1n) is 17.7. The summed E-state index contributed by atoms with van der Waals surface area (Å²) < 4.78 is 14.0. The molecule has 0 saturated carbocycles. The van der Waals surface area contributed by atoms with Gasteiger partial charge < -0.3 is 14.1 Å². The van der Waals surface area contributed by atoms with Crippen LogP contribution in [0.25, 0.3) is 21.9 Å². The molecule has 0 spiro atoms. The quantitative estimate of drug-likeness (QED) is 0.0905. The fraction of sp³-hybridized carbons (Fsp3) is 0.325. The number of anilines is 2. The molecule has 0 radical (unpaired) electrons. The van der Waals surface area contributed by atoms with Gasteiger partial charge in [-0.05, 0) is 39.0 Å². The molecule has 6 aromatic rings. The lowest BCUT2D eigenvalue weighted by Gasteiger charge is -2.43. The molecular formula is C40H46ClN7O3Si. The highest BCUT2D eigenvalue weighted by molar-refractivity contribution is 6.99. The fourth-order valence-electron chi connectivity index (χ4n) is 6.90. The normalized spacial score (nSPS) is 12.0. The van der Waals surface area contributed by atoms with Crippen LogP contribution in [0.3, 0.4) is 0 Å². The van der Waals surface area contributed by atoms with Gasteiger partial charge in [0, 0.05) is 30.6 Å². The lowest BCUT2D eigenvalue weighted by molar-refractivity contribution is 0.186. The number of pyridine rings is 1. The average molecular weight is 736 g/mol. The van der Waals surface area contributed by atoms with Crippen molar-refractivity contribution >= 4 is 70.1 Å². The average Bonchev–Trinajstić information content (AvgIpc) is 3.57. The van der Waals surface area contributed by atoms with Gasteiger partial charge in [-0.25, -0.2) is 9.78 Å². The van der Waals surface area contributed by atoms with Crippen molar-refractivity contribution in [1.29, 1.82) is 0 Å². The molecule has 10 nitrogen and oxygen atoms in total. The van der Waals surface area contributed by atoms with Gasteiger partial charge in [0.15, 0.2) is 11.3 Å². The van der Waals surface area contributed by atoms with Gasteiger partial charge in [-0.3, -0.25) is 15.0 Å². The summed E-state index contributed by atoms with van der Waals surface area (Å²) in [6, 6.07) is 29.3. The Bertz CT molecular complexity index is 2080. The summed E-state index contributed by atoms with van der Waals surface area (Å²) in [7, 11) is -1.46. The summed E-state index contributed by atoms with van der Waals surface area (Å²) in [5.41, 5.74) is 4.13. The molecule has 6 rings (SSSR count). The molecule has 3 aromatic heterocycles. The molecule has 0 saturated heterocycles. The van der Waals surface area contributed by atoms with E-state index < -0.39 is 14.4 Å². The van der Waals surface area contributed by atoms with Gasteiger partial charge in [0.05, 0.1) is 32.0 Å². The Morgan fingerprint density at radius 1 is 0.904 bits per heavy atom. The Kier molecular flexibility index (Phi) is 11.5. The molecule has 270 valence electrons. The van der Waals surface area contributed by atoms with E-state index >= 15 is 0 Å². The van der Waals surface area contributed by atoms with Crippen LogP contribution in [0, 0.1) is 0 Å². The topological polar surface area (TPSA) is 107 Å². The van der Waals surface area contributed by atoms with Crippen LogP contribution in [-0.4, -0.2) is 65.9 Å². The summed E-state index contributed by atoms with van der Waals surface area (Å²) in [6.07, 6.45) is 4.93. The number of aromatic nitrogens is 5. The third-order valence-corrected chi connectivity index (χ3v) is 14.7. The Balaban J connectivity index is 1.39. The Hall–Kier alpha value is -4.84. The van der Waals surface area contributed by atoms with Crippen LogP contribution >= 0.6 is 11.6 Å². The number of methoxy groups -OCH3 is 1. The zero-order valence-electron chi connectivity index (χ0n) is 30.5. The molecule has 0 atom stereocenters. The number of fused-ring (bicyclic) bond motifs is 2.